The lowest BCUT2D eigenvalue weighted by Crippen LogP contribution is -2.01. The van der Waals surface area contributed by atoms with Crippen LogP contribution >= 0.6 is 11.6 Å². The first-order valence-corrected chi connectivity index (χ1v) is 6.04. The highest BCUT2D eigenvalue weighted by atomic mass is 35.5. The summed E-state index contributed by atoms with van der Waals surface area (Å²) in [6, 6.07) is 7.60. The van der Waals surface area contributed by atoms with E-state index in [2.05, 4.69) is 0 Å². The monoisotopic (exact) mass is 246 g/mol. The highest BCUT2D eigenvalue weighted by molar-refractivity contribution is 6.34. The van der Waals surface area contributed by atoms with Gasteiger partial charge < -0.3 is 4.42 Å². The van der Waals surface area contributed by atoms with Gasteiger partial charge in [-0.2, -0.15) is 0 Å². The molecule has 1 aromatic carbocycles. The van der Waals surface area contributed by atoms with Crippen LogP contribution < -0.4 is 0 Å². The molecule has 0 N–H and O–H groups in total. The summed E-state index contributed by atoms with van der Waals surface area (Å²) in [5, 5.41) is 1.59. The van der Waals surface area contributed by atoms with E-state index < -0.39 is 0 Å². The van der Waals surface area contributed by atoms with Gasteiger partial charge in [0.05, 0.1) is 5.02 Å². The van der Waals surface area contributed by atoms with Gasteiger partial charge in [-0.3, -0.25) is 4.79 Å². The van der Waals surface area contributed by atoms with Gasteiger partial charge in [-0.15, -0.1) is 0 Å². The van der Waals surface area contributed by atoms with Gasteiger partial charge in [0.25, 0.3) is 0 Å². The SMILES string of the molecule is O=C1C=C(c2cc3cccc(Cl)c3o2)CCC1. The molecule has 1 aromatic heterocycles. The molecule has 1 heterocycles. The zero-order valence-electron chi connectivity index (χ0n) is 9.20. The van der Waals surface area contributed by atoms with Crippen molar-refractivity contribution in [2.24, 2.45) is 0 Å². The van der Waals surface area contributed by atoms with Crippen LogP contribution in [0.2, 0.25) is 5.02 Å². The maximum atomic E-state index is 11.4. The topological polar surface area (TPSA) is 30.2 Å². The standard InChI is InChI=1S/C14H11ClO2/c15-12-6-2-4-10-8-13(17-14(10)12)9-3-1-5-11(16)7-9/h2,4,6-8H,1,3,5H2. The fourth-order valence-electron chi connectivity index (χ4n) is 2.17. The molecule has 0 bridgehead atoms. The van der Waals surface area contributed by atoms with E-state index in [4.69, 9.17) is 16.0 Å². The van der Waals surface area contributed by atoms with Gasteiger partial charge in [0, 0.05) is 11.8 Å². The molecule has 0 saturated carbocycles. The van der Waals surface area contributed by atoms with E-state index in [0.717, 1.165) is 29.6 Å². The van der Waals surface area contributed by atoms with Gasteiger partial charge in [-0.1, -0.05) is 23.7 Å². The largest absolute Gasteiger partial charge is 0.455 e. The minimum atomic E-state index is 0.179. The molecule has 17 heavy (non-hydrogen) atoms. The Morgan fingerprint density at radius 3 is 2.88 bits per heavy atom. The minimum absolute atomic E-state index is 0.179. The summed E-state index contributed by atoms with van der Waals surface area (Å²) >= 11 is 6.06. The predicted molar refractivity (Wildman–Crippen MR) is 68.1 cm³/mol. The molecular formula is C14H11ClO2. The van der Waals surface area contributed by atoms with E-state index in [1.54, 1.807) is 12.1 Å². The van der Waals surface area contributed by atoms with Crippen molar-refractivity contribution in [2.75, 3.05) is 0 Å². The maximum absolute atomic E-state index is 11.4. The Kier molecular flexibility index (Phi) is 2.52. The van der Waals surface area contributed by atoms with Gasteiger partial charge in [-0.25, -0.2) is 0 Å². The van der Waals surface area contributed by atoms with Crippen LogP contribution in [0, 0.1) is 0 Å². The Morgan fingerprint density at radius 1 is 1.24 bits per heavy atom. The van der Waals surface area contributed by atoms with Gasteiger partial charge in [-0.05, 0) is 36.6 Å². The van der Waals surface area contributed by atoms with E-state index in [9.17, 15) is 4.79 Å². The lowest BCUT2D eigenvalue weighted by Gasteiger charge is -2.08. The van der Waals surface area contributed by atoms with Gasteiger partial charge in [0.1, 0.15) is 5.76 Å². The number of halogens is 1. The molecule has 3 rings (SSSR count). The van der Waals surface area contributed by atoms with Crippen molar-refractivity contribution < 1.29 is 9.21 Å². The Labute approximate surface area is 104 Å². The van der Waals surface area contributed by atoms with Gasteiger partial charge >= 0.3 is 0 Å². The minimum Gasteiger partial charge on any atom is -0.455 e. The zero-order valence-corrected chi connectivity index (χ0v) is 9.96. The second-order valence-electron chi connectivity index (χ2n) is 4.26. The number of para-hydroxylation sites is 1. The number of benzene rings is 1. The third kappa shape index (κ3) is 1.89. The molecule has 0 atom stereocenters. The number of carbonyl (C=O) groups is 1. The fourth-order valence-corrected chi connectivity index (χ4v) is 2.39. The number of carbonyl (C=O) groups excluding carboxylic acids is 1. The maximum Gasteiger partial charge on any atom is 0.156 e. The van der Waals surface area contributed by atoms with Crippen LogP contribution in [0.5, 0.6) is 0 Å². The first-order valence-electron chi connectivity index (χ1n) is 5.66. The van der Waals surface area contributed by atoms with Crippen LogP contribution in [-0.2, 0) is 4.79 Å². The molecule has 1 aliphatic carbocycles. The summed E-state index contributed by atoms with van der Waals surface area (Å²) in [5.41, 5.74) is 1.68. The number of hydrogen-bond donors (Lipinski definition) is 0. The Morgan fingerprint density at radius 2 is 2.12 bits per heavy atom. The van der Waals surface area contributed by atoms with Gasteiger partial charge in [0.2, 0.25) is 0 Å². The number of furan rings is 1. The van der Waals surface area contributed by atoms with Crippen LogP contribution in [0.4, 0.5) is 0 Å². The third-order valence-electron chi connectivity index (χ3n) is 3.02. The lowest BCUT2D eigenvalue weighted by molar-refractivity contribution is -0.114. The van der Waals surface area contributed by atoms with E-state index in [-0.39, 0.29) is 5.78 Å². The summed E-state index contributed by atoms with van der Waals surface area (Å²) in [5.74, 6) is 0.943. The molecule has 0 saturated heterocycles. The van der Waals surface area contributed by atoms with Crippen LogP contribution in [0.1, 0.15) is 25.0 Å². The zero-order chi connectivity index (χ0) is 11.8. The normalized spacial score (nSPS) is 16.3. The first-order chi connectivity index (χ1) is 8.24. The van der Waals surface area contributed by atoms with E-state index in [1.165, 1.54) is 0 Å². The Balaban J connectivity index is 2.12. The molecule has 0 aliphatic heterocycles. The molecule has 86 valence electrons. The van der Waals surface area contributed by atoms with Crippen molar-refractivity contribution in [1.82, 2.24) is 0 Å². The van der Waals surface area contributed by atoms with Crippen molar-refractivity contribution in [1.29, 1.82) is 0 Å². The second kappa shape index (κ2) is 4.04. The number of hydrogen-bond acceptors (Lipinski definition) is 2. The molecule has 3 heteroatoms. The average molecular weight is 247 g/mol. The third-order valence-corrected chi connectivity index (χ3v) is 3.31. The molecule has 2 nitrogen and oxygen atoms in total. The predicted octanol–water partition coefficient (Wildman–Crippen LogP) is 4.22. The molecule has 0 amide bonds. The number of rotatable bonds is 1. The van der Waals surface area contributed by atoms with E-state index in [1.807, 2.05) is 18.2 Å². The number of allylic oxidation sites excluding steroid dienone is 2. The summed E-state index contributed by atoms with van der Waals surface area (Å²) in [4.78, 5) is 11.4. The summed E-state index contributed by atoms with van der Waals surface area (Å²) in [6.45, 7) is 0. The summed E-state index contributed by atoms with van der Waals surface area (Å²) < 4.78 is 5.73. The Bertz CT molecular complexity index is 622. The molecular weight excluding hydrogens is 236 g/mol. The number of ketones is 1. The molecule has 0 spiro atoms. The van der Waals surface area contributed by atoms with Gasteiger partial charge in [0.15, 0.2) is 11.4 Å². The van der Waals surface area contributed by atoms with Crippen LogP contribution in [0.25, 0.3) is 16.5 Å². The fraction of sp³-hybridized carbons (Fsp3) is 0.214. The van der Waals surface area contributed by atoms with Crippen molar-refractivity contribution in [3.63, 3.8) is 0 Å². The van der Waals surface area contributed by atoms with Crippen LogP contribution in [0.15, 0.2) is 34.8 Å². The Hall–Kier alpha value is -1.54. The highest BCUT2D eigenvalue weighted by Gasteiger charge is 2.15. The van der Waals surface area contributed by atoms with Crippen LogP contribution in [0.3, 0.4) is 0 Å². The summed E-state index contributed by atoms with van der Waals surface area (Å²) in [7, 11) is 0. The molecule has 0 fully saturated rings. The highest BCUT2D eigenvalue weighted by Crippen LogP contribution is 2.33. The summed E-state index contributed by atoms with van der Waals surface area (Å²) in [6.07, 6.45) is 4.12. The van der Waals surface area contributed by atoms with Crippen molar-refractivity contribution in [3.05, 3.63) is 41.1 Å². The van der Waals surface area contributed by atoms with Crippen LogP contribution in [-0.4, -0.2) is 5.78 Å². The first kappa shape index (κ1) is 10.6. The van der Waals surface area contributed by atoms with Crippen molar-refractivity contribution in [3.8, 4) is 0 Å². The molecule has 1 aliphatic rings. The number of fused-ring (bicyclic) bond motifs is 1. The quantitative estimate of drug-likeness (QED) is 0.754. The lowest BCUT2D eigenvalue weighted by atomic mass is 9.97. The van der Waals surface area contributed by atoms with Crippen molar-refractivity contribution in [2.45, 2.75) is 19.3 Å². The molecule has 2 aromatic rings. The molecule has 0 radical (unpaired) electrons. The average Bonchev–Trinajstić information content (AvgIpc) is 2.74. The smallest absolute Gasteiger partial charge is 0.156 e. The van der Waals surface area contributed by atoms with E-state index >= 15 is 0 Å². The van der Waals surface area contributed by atoms with E-state index in [0.29, 0.717) is 17.0 Å². The second-order valence-corrected chi connectivity index (χ2v) is 4.67. The molecule has 0 unspecified atom stereocenters. The van der Waals surface area contributed by atoms with Crippen molar-refractivity contribution >= 4 is 33.9 Å².